The molecule has 1 N–H and O–H groups in total. The summed E-state index contributed by atoms with van der Waals surface area (Å²) in [6, 6.07) is 13.6. The van der Waals surface area contributed by atoms with Crippen LogP contribution in [-0.4, -0.2) is 31.2 Å². The van der Waals surface area contributed by atoms with Gasteiger partial charge in [0, 0.05) is 12.1 Å². The van der Waals surface area contributed by atoms with Crippen LogP contribution in [0, 0.1) is 5.92 Å². The Bertz CT molecular complexity index is 769. The number of amides is 1. The number of carbonyl (C=O) groups excluding carboxylic acids is 1. The zero-order valence-electron chi connectivity index (χ0n) is 14.0. The predicted molar refractivity (Wildman–Crippen MR) is 92.0 cm³/mol. The Hall–Kier alpha value is -3.02. The fraction of sp³-hybridized carbons (Fsp3) is 0.263. The van der Waals surface area contributed by atoms with Gasteiger partial charge >= 0.3 is 5.97 Å². The number of carboxylic acids is 1. The van der Waals surface area contributed by atoms with Crippen molar-refractivity contribution < 1.29 is 24.2 Å². The Balaban J connectivity index is 2.03. The number of hydrogen-bond donors (Lipinski definition) is 1. The van der Waals surface area contributed by atoms with Gasteiger partial charge in [0.25, 0.3) is 0 Å². The van der Waals surface area contributed by atoms with Crippen LogP contribution in [0.4, 0.5) is 5.69 Å². The average molecular weight is 341 g/mol. The normalized spacial score (nSPS) is 19.8. The van der Waals surface area contributed by atoms with Crippen LogP contribution in [0.3, 0.4) is 0 Å². The number of rotatable bonds is 5. The van der Waals surface area contributed by atoms with Gasteiger partial charge in [0.2, 0.25) is 5.91 Å². The molecule has 3 rings (SSSR count). The van der Waals surface area contributed by atoms with Crippen LogP contribution in [0.15, 0.2) is 48.5 Å². The van der Waals surface area contributed by atoms with Crippen LogP contribution in [0.2, 0.25) is 0 Å². The molecule has 1 aliphatic heterocycles. The summed E-state index contributed by atoms with van der Waals surface area (Å²) in [7, 11) is 3.13. The third-order valence-corrected chi connectivity index (χ3v) is 4.45. The molecule has 25 heavy (non-hydrogen) atoms. The molecule has 0 aromatic heterocycles. The van der Waals surface area contributed by atoms with Gasteiger partial charge in [-0.2, -0.15) is 0 Å². The first-order valence-electron chi connectivity index (χ1n) is 7.88. The summed E-state index contributed by atoms with van der Waals surface area (Å²) >= 11 is 0. The van der Waals surface area contributed by atoms with Crippen molar-refractivity contribution in [1.82, 2.24) is 0 Å². The highest BCUT2D eigenvalue weighted by Gasteiger charge is 2.45. The molecule has 2 aromatic carbocycles. The second-order valence-corrected chi connectivity index (χ2v) is 5.83. The Morgan fingerprint density at radius 1 is 1.00 bits per heavy atom. The van der Waals surface area contributed by atoms with E-state index < -0.39 is 17.9 Å². The van der Waals surface area contributed by atoms with E-state index in [1.165, 1.54) is 0 Å². The summed E-state index contributed by atoms with van der Waals surface area (Å²) in [5.74, 6) is -0.645. The van der Waals surface area contributed by atoms with Crippen LogP contribution in [-0.2, 0) is 9.59 Å². The fourth-order valence-corrected chi connectivity index (χ4v) is 3.19. The molecule has 1 aliphatic rings. The SMILES string of the molecule is COc1ccc(C2C(C(=O)O)CC(=O)N2c2ccc(OC)cc2)cc1. The van der Waals surface area contributed by atoms with E-state index in [1.807, 2.05) is 0 Å². The number of anilines is 1. The molecule has 2 atom stereocenters. The number of hydrogen-bond acceptors (Lipinski definition) is 4. The Morgan fingerprint density at radius 2 is 1.52 bits per heavy atom. The summed E-state index contributed by atoms with van der Waals surface area (Å²) in [6.07, 6.45) is -0.0297. The van der Waals surface area contributed by atoms with Gasteiger partial charge < -0.3 is 19.5 Å². The Morgan fingerprint density at radius 3 is 2.00 bits per heavy atom. The van der Waals surface area contributed by atoms with E-state index in [1.54, 1.807) is 67.7 Å². The lowest BCUT2D eigenvalue weighted by Crippen LogP contribution is -2.30. The van der Waals surface area contributed by atoms with Gasteiger partial charge in [0.1, 0.15) is 11.5 Å². The zero-order chi connectivity index (χ0) is 18.0. The van der Waals surface area contributed by atoms with E-state index in [-0.39, 0.29) is 12.3 Å². The molecule has 1 fully saturated rings. The van der Waals surface area contributed by atoms with E-state index in [9.17, 15) is 14.7 Å². The molecule has 0 saturated carbocycles. The highest BCUT2D eigenvalue weighted by atomic mass is 16.5. The Kier molecular flexibility index (Phi) is 4.61. The van der Waals surface area contributed by atoms with Crippen molar-refractivity contribution >= 4 is 17.6 Å². The molecule has 0 radical (unpaired) electrons. The van der Waals surface area contributed by atoms with Crippen molar-refractivity contribution in [3.05, 3.63) is 54.1 Å². The topological polar surface area (TPSA) is 76.1 Å². The maximum Gasteiger partial charge on any atom is 0.309 e. The van der Waals surface area contributed by atoms with E-state index in [0.717, 1.165) is 5.56 Å². The third kappa shape index (κ3) is 3.15. The molecular formula is C19H19NO5. The molecule has 1 heterocycles. The molecule has 0 bridgehead atoms. The molecule has 6 heteroatoms. The number of methoxy groups -OCH3 is 2. The summed E-state index contributed by atoms with van der Waals surface area (Å²) in [4.78, 5) is 25.8. The lowest BCUT2D eigenvalue weighted by Gasteiger charge is -2.27. The lowest BCUT2D eigenvalue weighted by molar-refractivity contribution is -0.142. The molecule has 0 aliphatic carbocycles. The monoisotopic (exact) mass is 341 g/mol. The van der Waals surface area contributed by atoms with Crippen LogP contribution in [0.25, 0.3) is 0 Å². The highest BCUT2D eigenvalue weighted by molar-refractivity contribution is 6.00. The van der Waals surface area contributed by atoms with Gasteiger partial charge in [-0.25, -0.2) is 0 Å². The van der Waals surface area contributed by atoms with Gasteiger partial charge in [0.05, 0.1) is 26.2 Å². The molecule has 2 aromatic rings. The van der Waals surface area contributed by atoms with E-state index in [2.05, 4.69) is 0 Å². The first-order chi connectivity index (χ1) is 12.0. The van der Waals surface area contributed by atoms with Gasteiger partial charge in [-0.3, -0.25) is 9.59 Å². The summed E-state index contributed by atoms with van der Waals surface area (Å²) in [6.45, 7) is 0. The van der Waals surface area contributed by atoms with Gasteiger partial charge in [-0.05, 0) is 42.0 Å². The van der Waals surface area contributed by atoms with Gasteiger partial charge in [-0.1, -0.05) is 12.1 Å². The first kappa shape index (κ1) is 16.8. The molecule has 2 unspecified atom stereocenters. The summed E-state index contributed by atoms with van der Waals surface area (Å²) < 4.78 is 10.3. The lowest BCUT2D eigenvalue weighted by atomic mass is 9.93. The second-order valence-electron chi connectivity index (χ2n) is 5.83. The molecule has 130 valence electrons. The third-order valence-electron chi connectivity index (χ3n) is 4.45. The second kappa shape index (κ2) is 6.84. The van der Waals surface area contributed by atoms with Crippen molar-refractivity contribution in [2.24, 2.45) is 5.92 Å². The fourth-order valence-electron chi connectivity index (χ4n) is 3.19. The van der Waals surface area contributed by atoms with Crippen LogP contribution >= 0.6 is 0 Å². The summed E-state index contributed by atoms with van der Waals surface area (Å²) in [5, 5.41) is 9.59. The molecule has 1 saturated heterocycles. The minimum absolute atomic E-state index is 0.0297. The summed E-state index contributed by atoms with van der Waals surface area (Å²) in [5.41, 5.74) is 1.41. The minimum Gasteiger partial charge on any atom is -0.497 e. The first-order valence-corrected chi connectivity index (χ1v) is 7.88. The van der Waals surface area contributed by atoms with Crippen molar-refractivity contribution in [1.29, 1.82) is 0 Å². The molecular weight excluding hydrogens is 322 g/mol. The molecule has 6 nitrogen and oxygen atoms in total. The van der Waals surface area contributed by atoms with Crippen molar-refractivity contribution in [3.8, 4) is 11.5 Å². The van der Waals surface area contributed by atoms with Crippen molar-refractivity contribution in [3.63, 3.8) is 0 Å². The maximum absolute atomic E-state index is 12.6. The average Bonchev–Trinajstić information content (AvgIpc) is 2.99. The highest BCUT2D eigenvalue weighted by Crippen LogP contribution is 2.42. The number of carboxylic acid groups (broad SMARTS) is 1. The van der Waals surface area contributed by atoms with Crippen LogP contribution < -0.4 is 14.4 Å². The minimum atomic E-state index is -0.981. The standard InChI is InChI=1S/C19H19NO5/c1-24-14-7-3-12(4-8-14)18-16(19(22)23)11-17(21)20(18)13-5-9-15(25-2)10-6-13/h3-10,16,18H,11H2,1-2H3,(H,22,23). The molecule has 1 amide bonds. The zero-order valence-corrected chi connectivity index (χ0v) is 14.0. The number of ether oxygens (including phenoxy) is 2. The van der Waals surface area contributed by atoms with Gasteiger partial charge in [0.15, 0.2) is 0 Å². The largest absolute Gasteiger partial charge is 0.497 e. The maximum atomic E-state index is 12.6. The van der Waals surface area contributed by atoms with E-state index in [0.29, 0.717) is 17.2 Å². The number of carbonyl (C=O) groups is 2. The quantitative estimate of drug-likeness (QED) is 0.905. The molecule has 0 spiro atoms. The van der Waals surface area contributed by atoms with E-state index >= 15 is 0 Å². The van der Waals surface area contributed by atoms with Gasteiger partial charge in [-0.15, -0.1) is 0 Å². The predicted octanol–water partition coefficient (Wildman–Crippen LogP) is 2.88. The van der Waals surface area contributed by atoms with Crippen LogP contribution in [0.5, 0.6) is 11.5 Å². The Labute approximate surface area is 145 Å². The number of benzene rings is 2. The number of nitrogens with zero attached hydrogens (tertiary/aromatic N) is 1. The van der Waals surface area contributed by atoms with Crippen LogP contribution in [0.1, 0.15) is 18.0 Å². The number of aliphatic carboxylic acids is 1. The van der Waals surface area contributed by atoms with Crippen molar-refractivity contribution in [2.45, 2.75) is 12.5 Å². The smallest absolute Gasteiger partial charge is 0.309 e. The van der Waals surface area contributed by atoms with E-state index in [4.69, 9.17) is 9.47 Å². The van der Waals surface area contributed by atoms with Crippen molar-refractivity contribution in [2.75, 3.05) is 19.1 Å².